The van der Waals surface area contributed by atoms with Crippen molar-refractivity contribution in [3.05, 3.63) is 23.8 Å². The molecule has 1 N–H and O–H groups in total. The first-order valence-corrected chi connectivity index (χ1v) is 6.54. The molecule has 3 heteroatoms. The van der Waals surface area contributed by atoms with E-state index in [0.717, 1.165) is 31.2 Å². The maximum Gasteiger partial charge on any atom is 0.128 e. The lowest BCUT2D eigenvalue weighted by molar-refractivity contribution is -0.0156. The monoisotopic (exact) mass is 250 g/mol. The van der Waals surface area contributed by atoms with Crippen molar-refractivity contribution in [3.8, 4) is 11.5 Å². The Hall–Kier alpha value is -1.22. The molecule has 0 spiro atoms. The van der Waals surface area contributed by atoms with Crippen LogP contribution in [0.5, 0.6) is 11.5 Å². The highest BCUT2D eigenvalue weighted by Gasteiger charge is 2.38. The summed E-state index contributed by atoms with van der Waals surface area (Å²) in [4.78, 5) is 0. The highest BCUT2D eigenvalue weighted by molar-refractivity contribution is 5.48. The summed E-state index contributed by atoms with van der Waals surface area (Å²) in [5, 5.41) is 10.9. The molecule has 0 aliphatic heterocycles. The number of hydrogen-bond acceptors (Lipinski definition) is 3. The van der Waals surface area contributed by atoms with E-state index in [9.17, 15) is 5.11 Å². The number of methoxy groups -OCH3 is 2. The topological polar surface area (TPSA) is 38.7 Å². The maximum atomic E-state index is 10.9. The number of benzene rings is 1. The Morgan fingerprint density at radius 2 is 1.61 bits per heavy atom. The molecular formula is C15H22O3. The molecule has 100 valence electrons. The van der Waals surface area contributed by atoms with Gasteiger partial charge in [-0.1, -0.05) is 13.0 Å². The Labute approximate surface area is 109 Å². The van der Waals surface area contributed by atoms with E-state index in [-0.39, 0.29) is 0 Å². The van der Waals surface area contributed by atoms with Crippen LogP contribution in [0.1, 0.15) is 38.2 Å². The van der Waals surface area contributed by atoms with E-state index in [1.807, 2.05) is 18.2 Å². The summed E-state index contributed by atoms with van der Waals surface area (Å²) in [5.74, 6) is 2.11. The van der Waals surface area contributed by atoms with E-state index < -0.39 is 5.60 Å². The predicted molar refractivity (Wildman–Crippen MR) is 71.1 cm³/mol. The van der Waals surface area contributed by atoms with Gasteiger partial charge in [0.25, 0.3) is 0 Å². The average Bonchev–Trinajstić information content (AvgIpc) is 2.41. The molecule has 3 nitrogen and oxygen atoms in total. The Morgan fingerprint density at radius 3 is 2.06 bits per heavy atom. The van der Waals surface area contributed by atoms with E-state index in [4.69, 9.17) is 9.47 Å². The zero-order valence-electron chi connectivity index (χ0n) is 11.4. The van der Waals surface area contributed by atoms with Gasteiger partial charge in [0.15, 0.2) is 0 Å². The molecule has 1 saturated carbocycles. The van der Waals surface area contributed by atoms with Gasteiger partial charge in [-0.2, -0.15) is 0 Å². The van der Waals surface area contributed by atoms with Gasteiger partial charge in [0.05, 0.1) is 25.4 Å². The minimum atomic E-state index is -0.815. The zero-order chi connectivity index (χ0) is 13.2. The summed E-state index contributed by atoms with van der Waals surface area (Å²) >= 11 is 0. The summed E-state index contributed by atoms with van der Waals surface area (Å²) < 4.78 is 10.8. The molecule has 0 bridgehead atoms. The highest BCUT2D eigenvalue weighted by Crippen LogP contribution is 2.46. The molecule has 0 unspecified atom stereocenters. The van der Waals surface area contributed by atoms with Crippen molar-refractivity contribution >= 4 is 0 Å². The van der Waals surface area contributed by atoms with Crippen molar-refractivity contribution in [1.29, 1.82) is 0 Å². The lowest BCUT2D eigenvalue weighted by Crippen LogP contribution is -2.31. The second-order valence-corrected chi connectivity index (χ2v) is 5.25. The van der Waals surface area contributed by atoms with Crippen LogP contribution < -0.4 is 9.47 Å². The van der Waals surface area contributed by atoms with Crippen molar-refractivity contribution in [3.63, 3.8) is 0 Å². The largest absolute Gasteiger partial charge is 0.496 e. The van der Waals surface area contributed by atoms with E-state index in [1.165, 1.54) is 0 Å². The van der Waals surface area contributed by atoms with Crippen LogP contribution in [-0.2, 0) is 5.60 Å². The lowest BCUT2D eigenvalue weighted by Gasteiger charge is -2.36. The Balaban J connectivity index is 2.42. The summed E-state index contributed by atoms with van der Waals surface area (Å²) in [6.07, 6.45) is 3.62. The smallest absolute Gasteiger partial charge is 0.128 e. The van der Waals surface area contributed by atoms with Gasteiger partial charge in [0.1, 0.15) is 11.5 Å². The third-order valence-electron chi connectivity index (χ3n) is 3.99. The van der Waals surface area contributed by atoms with Crippen molar-refractivity contribution < 1.29 is 14.6 Å². The maximum absolute atomic E-state index is 10.9. The van der Waals surface area contributed by atoms with Crippen molar-refractivity contribution in [2.45, 2.75) is 38.2 Å². The summed E-state index contributed by atoms with van der Waals surface area (Å²) in [5.41, 5.74) is -0.00771. The highest BCUT2D eigenvalue weighted by atomic mass is 16.5. The van der Waals surface area contributed by atoms with Crippen LogP contribution in [-0.4, -0.2) is 19.3 Å². The molecule has 1 aromatic rings. The zero-order valence-corrected chi connectivity index (χ0v) is 11.4. The fraction of sp³-hybridized carbons (Fsp3) is 0.600. The van der Waals surface area contributed by atoms with Gasteiger partial charge in [-0.3, -0.25) is 0 Å². The van der Waals surface area contributed by atoms with Crippen LogP contribution in [0.4, 0.5) is 0 Å². The number of rotatable bonds is 3. The number of ether oxygens (including phenoxy) is 2. The molecule has 18 heavy (non-hydrogen) atoms. The van der Waals surface area contributed by atoms with Crippen LogP contribution in [0.25, 0.3) is 0 Å². The molecule has 0 amide bonds. The van der Waals surface area contributed by atoms with Gasteiger partial charge < -0.3 is 14.6 Å². The molecule has 1 fully saturated rings. The molecule has 0 atom stereocenters. The Bertz CT molecular complexity index is 384. The number of aliphatic hydroxyl groups is 1. The van der Waals surface area contributed by atoms with Crippen molar-refractivity contribution in [2.75, 3.05) is 14.2 Å². The second-order valence-electron chi connectivity index (χ2n) is 5.25. The molecule has 0 heterocycles. The van der Waals surface area contributed by atoms with Crippen LogP contribution in [0.3, 0.4) is 0 Å². The van der Waals surface area contributed by atoms with Gasteiger partial charge in [0.2, 0.25) is 0 Å². The van der Waals surface area contributed by atoms with Gasteiger partial charge in [-0.05, 0) is 43.7 Å². The Kier molecular flexibility index (Phi) is 3.81. The summed E-state index contributed by atoms with van der Waals surface area (Å²) in [6.45, 7) is 2.24. The SMILES string of the molecule is COc1cccc(OC)c1C1(O)CCC(C)CC1. The van der Waals surface area contributed by atoms with Crippen molar-refractivity contribution in [2.24, 2.45) is 5.92 Å². The molecule has 1 aliphatic rings. The number of hydrogen-bond donors (Lipinski definition) is 1. The van der Waals surface area contributed by atoms with Crippen LogP contribution in [0.15, 0.2) is 18.2 Å². The van der Waals surface area contributed by atoms with Gasteiger partial charge in [0, 0.05) is 0 Å². The molecule has 1 aromatic carbocycles. The minimum absolute atomic E-state index is 0.686. The molecule has 0 radical (unpaired) electrons. The second kappa shape index (κ2) is 5.19. The minimum Gasteiger partial charge on any atom is -0.496 e. The standard InChI is InChI=1S/C15H22O3/c1-11-7-9-15(16,10-8-11)14-12(17-2)5-4-6-13(14)18-3/h4-6,11,16H,7-10H2,1-3H3. The Morgan fingerprint density at radius 1 is 1.11 bits per heavy atom. The first-order chi connectivity index (χ1) is 8.60. The van der Waals surface area contributed by atoms with Gasteiger partial charge in [-0.15, -0.1) is 0 Å². The first kappa shape index (κ1) is 13.2. The van der Waals surface area contributed by atoms with Crippen LogP contribution in [0, 0.1) is 5.92 Å². The fourth-order valence-corrected chi connectivity index (χ4v) is 2.80. The average molecular weight is 250 g/mol. The fourth-order valence-electron chi connectivity index (χ4n) is 2.80. The molecule has 0 saturated heterocycles. The molecule has 2 rings (SSSR count). The normalized spacial score (nSPS) is 27.9. The molecule has 1 aliphatic carbocycles. The van der Waals surface area contributed by atoms with E-state index in [2.05, 4.69) is 6.92 Å². The quantitative estimate of drug-likeness (QED) is 0.896. The van der Waals surface area contributed by atoms with E-state index in [1.54, 1.807) is 14.2 Å². The van der Waals surface area contributed by atoms with Crippen LogP contribution in [0.2, 0.25) is 0 Å². The van der Waals surface area contributed by atoms with E-state index in [0.29, 0.717) is 17.4 Å². The molecular weight excluding hydrogens is 228 g/mol. The van der Waals surface area contributed by atoms with Gasteiger partial charge >= 0.3 is 0 Å². The van der Waals surface area contributed by atoms with Crippen molar-refractivity contribution in [1.82, 2.24) is 0 Å². The summed E-state index contributed by atoms with van der Waals surface area (Å²) in [7, 11) is 3.26. The van der Waals surface area contributed by atoms with Crippen LogP contribution >= 0.6 is 0 Å². The molecule has 0 aromatic heterocycles. The third-order valence-corrected chi connectivity index (χ3v) is 3.99. The lowest BCUT2D eigenvalue weighted by atomic mass is 9.75. The predicted octanol–water partition coefficient (Wildman–Crippen LogP) is 3.10. The third kappa shape index (κ3) is 2.32. The summed E-state index contributed by atoms with van der Waals surface area (Å²) in [6, 6.07) is 5.65. The van der Waals surface area contributed by atoms with E-state index >= 15 is 0 Å². The first-order valence-electron chi connectivity index (χ1n) is 6.54. The van der Waals surface area contributed by atoms with Gasteiger partial charge in [-0.25, -0.2) is 0 Å².